The highest BCUT2D eigenvalue weighted by atomic mass is 16.4. The number of Topliss-reactive ketones (excluding diaryl/α,β-unsaturated/α-hetero) is 1. The van der Waals surface area contributed by atoms with Crippen molar-refractivity contribution in [3.05, 3.63) is 71.0 Å². The number of rotatable bonds is 14. The van der Waals surface area contributed by atoms with E-state index < -0.39 is 17.9 Å². The number of carbonyl (C=O) groups excluding carboxylic acids is 2. The van der Waals surface area contributed by atoms with Crippen molar-refractivity contribution < 1.29 is 19.5 Å². The largest absolute Gasteiger partial charge is 0.480 e. The number of carboxylic acid groups (broad SMARTS) is 1. The molecule has 0 saturated carbocycles. The van der Waals surface area contributed by atoms with Crippen LogP contribution in [-0.4, -0.2) is 75.9 Å². The summed E-state index contributed by atoms with van der Waals surface area (Å²) in [6.45, 7) is 2.40. The second-order valence-corrected chi connectivity index (χ2v) is 10.9. The zero-order valence-electron chi connectivity index (χ0n) is 25.9. The van der Waals surface area contributed by atoms with Gasteiger partial charge in [0, 0.05) is 28.8 Å². The normalized spacial score (nSPS) is 11.5. The molecule has 0 spiro atoms. The van der Waals surface area contributed by atoms with Crippen LogP contribution in [0.2, 0.25) is 0 Å². The topological polar surface area (TPSA) is 245 Å². The Labute approximate surface area is 274 Å². The minimum absolute atomic E-state index is 0.00261. The molecule has 2 aromatic carbocycles. The molecule has 0 unspecified atom stereocenters. The van der Waals surface area contributed by atoms with Crippen molar-refractivity contribution in [2.45, 2.75) is 45.2 Å². The van der Waals surface area contributed by atoms with E-state index >= 15 is 0 Å². The zero-order chi connectivity index (χ0) is 34.2. The van der Waals surface area contributed by atoms with Gasteiger partial charge < -0.3 is 26.8 Å². The van der Waals surface area contributed by atoms with Crippen molar-refractivity contribution >= 4 is 46.3 Å². The van der Waals surface area contributed by atoms with Crippen LogP contribution in [0, 0.1) is 19.3 Å². The van der Waals surface area contributed by atoms with Crippen molar-refractivity contribution in [2.75, 3.05) is 22.9 Å². The molecule has 7 N–H and O–H groups in total. The Hall–Kier alpha value is -6.50. The van der Waals surface area contributed by atoms with Crippen molar-refractivity contribution in [2.24, 2.45) is 0 Å². The fourth-order valence-electron chi connectivity index (χ4n) is 5.06. The maximum absolute atomic E-state index is 13.0. The monoisotopic (exact) mass is 648 g/mol. The van der Waals surface area contributed by atoms with Gasteiger partial charge in [-0.1, -0.05) is 30.0 Å². The number of carbonyl (C=O) groups is 3. The molecule has 244 valence electrons. The van der Waals surface area contributed by atoms with E-state index in [9.17, 15) is 19.5 Å². The van der Waals surface area contributed by atoms with Gasteiger partial charge in [0.25, 0.3) is 5.91 Å². The number of terminal acetylenes is 1. The number of aliphatic carboxylic acids is 1. The molecule has 3 aromatic heterocycles. The summed E-state index contributed by atoms with van der Waals surface area (Å²) >= 11 is 0. The number of nitrogens with two attached hydrogens (primary N) is 2. The lowest BCUT2D eigenvalue weighted by atomic mass is 9.97. The summed E-state index contributed by atoms with van der Waals surface area (Å²) in [7, 11) is 0. The van der Waals surface area contributed by atoms with Crippen LogP contribution in [0.25, 0.3) is 22.6 Å². The molecule has 0 bridgehead atoms. The van der Waals surface area contributed by atoms with Crippen LogP contribution in [0.4, 0.5) is 17.5 Å². The lowest BCUT2D eigenvalue weighted by Gasteiger charge is -2.22. The maximum Gasteiger partial charge on any atom is 0.326 e. The van der Waals surface area contributed by atoms with Crippen LogP contribution in [0.15, 0.2) is 48.7 Å². The predicted octanol–water partition coefficient (Wildman–Crippen LogP) is 2.34. The number of unbranched alkanes of at least 4 members (excludes halogenated alkanes) is 1. The first-order valence-electron chi connectivity index (χ1n) is 14.9. The Morgan fingerprint density at radius 1 is 1.08 bits per heavy atom. The molecule has 1 atom stereocenters. The number of fused-ring (bicyclic) bond motifs is 1. The predicted molar refractivity (Wildman–Crippen MR) is 176 cm³/mol. The van der Waals surface area contributed by atoms with E-state index in [4.69, 9.17) is 17.9 Å². The highest BCUT2D eigenvalue weighted by Gasteiger charge is 2.22. The molecule has 0 aliphatic carbocycles. The SMILES string of the molecule is C#CCN(Cc1cnc2nc(N)nc(N)c2n1)c1ccc(C(=O)N[C@@H](CCCCC(=O)c2ccc(C)cc2-c2nn[nH]n2)C(=O)O)cc1. The molecule has 0 radical (unpaired) electrons. The number of aromatic amines is 1. The number of hydrogen-bond donors (Lipinski definition) is 5. The van der Waals surface area contributed by atoms with E-state index in [2.05, 4.69) is 51.8 Å². The fraction of sp³-hybridized carbons (Fsp3) is 0.250. The van der Waals surface area contributed by atoms with E-state index in [0.29, 0.717) is 46.7 Å². The second-order valence-electron chi connectivity index (χ2n) is 10.9. The number of nitrogens with zero attached hydrogens (tertiary/aromatic N) is 8. The lowest BCUT2D eigenvalue weighted by Crippen LogP contribution is -2.40. The molecular formula is C32H32N12O4. The van der Waals surface area contributed by atoms with Crippen LogP contribution >= 0.6 is 0 Å². The molecule has 0 fully saturated rings. The number of aryl methyl sites for hydroxylation is 1. The van der Waals surface area contributed by atoms with Gasteiger partial charge in [-0.15, -0.1) is 16.6 Å². The number of ketones is 1. The molecule has 0 saturated heterocycles. The number of nitrogen functional groups attached to an aromatic ring is 2. The van der Waals surface area contributed by atoms with E-state index in [0.717, 1.165) is 5.56 Å². The van der Waals surface area contributed by atoms with Gasteiger partial charge in [0.1, 0.15) is 6.04 Å². The molecule has 0 aliphatic rings. The molecule has 1 amide bonds. The molecular weight excluding hydrogens is 616 g/mol. The van der Waals surface area contributed by atoms with E-state index in [1.807, 2.05) is 24.0 Å². The number of H-pyrrole nitrogens is 1. The maximum atomic E-state index is 13.0. The summed E-state index contributed by atoms with van der Waals surface area (Å²) < 4.78 is 0. The number of tetrazole rings is 1. The molecule has 0 aliphatic heterocycles. The average Bonchev–Trinajstić information content (AvgIpc) is 3.61. The van der Waals surface area contributed by atoms with E-state index in [1.54, 1.807) is 30.3 Å². The molecule has 48 heavy (non-hydrogen) atoms. The quantitative estimate of drug-likeness (QED) is 0.0659. The van der Waals surface area contributed by atoms with Gasteiger partial charge in [0.15, 0.2) is 22.8 Å². The third-order valence-electron chi connectivity index (χ3n) is 7.44. The molecule has 5 aromatic rings. The highest BCUT2D eigenvalue weighted by Crippen LogP contribution is 2.24. The van der Waals surface area contributed by atoms with Gasteiger partial charge >= 0.3 is 5.97 Å². The van der Waals surface area contributed by atoms with Crippen LogP contribution in [0.5, 0.6) is 0 Å². The summed E-state index contributed by atoms with van der Waals surface area (Å²) in [5.74, 6) is 1.19. The van der Waals surface area contributed by atoms with Crippen molar-refractivity contribution in [3.63, 3.8) is 0 Å². The summed E-state index contributed by atoms with van der Waals surface area (Å²) in [6.07, 6.45) is 8.30. The Balaban J connectivity index is 1.17. The first kappa shape index (κ1) is 32.9. The van der Waals surface area contributed by atoms with Gasteiger partial charge in [0.2, 0.25) is 11.8 Å². The summed E-state index contributed by atoms with van der Waals surface area (Å²) in [4.78, 5) is 56.6. The average molecular weight is 649 g/mol. The van der Waals surface area contributed by atoms with Crippen molar-refractivity contribution in [1.82, 2.24) is 45.9 Å². The fourth-order valence-corrected chi connectivity index (χ4v) is 5.06. The Morgan fingerprint density at radius 2 is 1.88 bits per heavy atom. The summed E-state index contributed by atoms with van der Waals surface area (Å²) in [5, 5.41) is 26.3. The minimum Gasteiger partial charge on any atom is -0.480 e. The number of aromatic nitrogens is 8. The number of anilines is 3. The van der Waals surface area contributed by atoms with Gasteiger partial charge in [-0.2, -0.15) is 15.2 Å². The Kier molecular flexibility index (Phi) is 10.1. The summed E-state index contributed by atoms with van der Waals surface area (Å²) in [6, 6.07) is 10.8. The van der Waals surface area contributed by atoms with Crippen molar-refractivity contribution in [3.8, 4) is 23.7 Å². The van der Waals surface area contributed by atoms with Crippen LogP contribution < -0.4 is 21.7 Å². The smallest absolute Gasteiger partial charge is 0.326 e. The lowest BCUT2D eigenvalue weighted by molar-refractivity contribution is -0.139. The van der Waals surface area contributed by atoms with Crippen LogP contribution in [0.3, 0.4) is 0 Å². The van der Waals surface area contributed by atoms with E-state index in [-0.39, 0.29) is 54.7 Å². The molecule has 3 heterocycles. The Morgan fingerprint density at radius 3 is 2.58 bits per heavy atom. The molecule has 16 nitrogen and oxygen atoms in total. The second kappa shape index (κ2) is 14.7. The number of nitrogens with one attached hydrogen (secondary N) is 2. The molecule has 5 rings (SSSR count). The number of hydrogen-bond acceptors (Lipinski definition) is 13. The first-order chi connectivity index (χ1) is 23.1. The van der Waals surface area contributed by atoms with E-state index in [1.165, 1.54) is 6.20 Å². The van der Waals surface area contributed by atoms with Gasteiger partial charge in [-0.3, -0.25) is 9.59 Å². The van der Waals surface area contributed by atoms with Gasteiger partial charge in [-0.05, 0) is 55.3 Å². The van der Waals surface area contributed by atoms with Crippen molar-refractivity contribution in [1.29, 1.82) is 0 Å². The third-order valence-corrected chi connectivity index (χ3v) is 7.44. The van der Waals surface area contributed by atoms with Crippen LogP contribution in [0.1, 0.15) is 57.7 Å². The number of amides is 1. The van der Waals surface area contributed by atoms with Gasteiger partial charge in [-0.25, -0.2) is 14.8 Å². The summed E-state index contributed by atoms with van der Waals surface area (Å²) in [5.41, 5.74) is 15.7. The first-order valence-corrected chi connectivity index (χ1v) is 14.9. The number of carboxylic acids is 1. The standard InChI is InChI=1S/C32H32N12O4/c1-3-14-44(17-20-16-35-29-26(36-20)27(33)38-32(34)39-29)21-11-9-19(10-12-21)30(46)37-24(31(47)48)6-4-5-7-25(45)22-13-8-18(2)15-23(22)28-40-42-43-41-28/h1,8-13,15-16,24H,4-7,14,17H2,2H3,(H,37,46)(H,47,48)(H,40,41,42,43)(H4,33,34,35,38,39)/t24-/m0/s1. The molecule has 16 heteroatoms. The van der Waals surface area contributed by atoms with Crippen LogP contribution in [-0.2, 0) is 11.3 Å². The number of benzene rings is 2. The van der Waals surface area contributed by atoms with Gasteiger partial charge in [0.05, 0.1) is 25.0 Å². The zero-order valence-corrected chi connectivity index (χ0v) is 25.9. The highest BCUT2D eigenvalue weighted by molar-refractivity contribution is 6.01. The third kappa shape index (κ3) is 7.83. The Bertz CT molecular complexity index is 1990. The minimum atomic E-state index is -1.17.